The summed E-state index contributed by atoms with van der Waals surface area (Å²) >= 11 is 0. The maximum absolute atomic E-state index is 11.2. The zero-order chi connectivity index (χ0) is 8.32. The number of hydrogen-bond acceptors (Lipinski definition) is 1. The van der Waals surface area contributed by atoms with Crippen molar-refractivity contribution in [1.29, 1.82) is 0 Å². The molecular formula is C9H15O2. The van der Waals surface area contributed by atoms with Crippen LogP contribution in [-0.2, 0) is 9.90 Å². The Morgan fingerprint density at radius 2 is 1.82 bits per heavy atom. The van der Waals surface area contributed by atoms with E-state index in [2.05, 4.69) is 0 Å². The average Bonchev–Trinajstić information content (AvgIpc) is 2.04. The Bertz CT molecular complexity index is 146. The molecule has 63 valence electrons. The van der Waals surface area contributed by atoms with Crippen LogP contribution in [0.1, 0.15) is 39.0 Å². The molecule has 0 spiro atoms. The van der Waals surface area contributed by atoms with Gasteiger partial charge in [0.05, 0.1) is 0 Å². The van der Waals surface area contributed by atoms with E-state index in [9.17, 15) is 9.90 Å². The summed E-state index contributed by atoms with van der Waals surface area (Å²) in [5.74, 6) is -0.0859. The molecule has 1 fully saturated rings. The first-order valence-electron chi connectivity index (χ1n) is 4.30. The summed E-state index contributed by atoms with van der Waals surface area (Å²) in [6.45, 7) is 1.41. The van der Waals surface area contributed by atoms with E-state index in [0.717, 1.165) is 25.7 Å². The summed E-state index contributed by atoms with van der Waals surface area (Å²) in [5.41, 5.74) is -0.264. The van der Waals surface area contributed by atoms with Gasteiger partial charge in [0, 0.05) is 5.41 Å². The SMILES string of the molecule is CC1(C(=O)C[O])CCCCC1. The molecular weight excluding hydrogens is 140 g/mol. The zero-order valence-electron chi connectivity index (χ0n) is 7.06. The molecule has 0 aromatic carbocycles. The third-order valence-electron chi connectivity index (χ3n) is 2.76. The normalized spacial score (nSPS) is 23.1. The maximum Gasteiger partial charge on any atom is 0.167 e. The van der Waals surface area contributed by atoms with Crippen molar-refractivity contribution in [3.05, 3.63) is 0 Å². The molecule has 1 radical (unpaired) electrons. The Morgan fingerprint density at radius 1 is 1.27 bits per heavy atom. The van der Waals surface area contributed by atoms with Crippen LogP contribution < -0.4 is 0 Å². The van der Waals surface area contributed by atoms with Crippen molar-refractivity contribution in [3.63, 3.8) is 0 Å². The van der Waals surface area contributed by atoms with Gasteiger partial charge >= 0.3 is 0 Å². The average molecular weight is 155 g/mol. The Balaban J connectivity index is 2.56. The number of rotatable bonds is 2. The topological polar surface area (TPSA) is 37.0 Å². The molecule has 1 saturated carbocycles. The van der Waals surface area contributed by atoms with Crippen molar-refractivity contribution in [2.75, 3.05) is 6.61 Å². The van der Waals surface area contributed by atoms with E-state index in [-0.39, 0.29) is 11.2 Å². The molecule has 1 aliphatic rings. The van der Waals surface area contributed by atoms with Crippen LogP contribution in [0.3, 0.4) is 0 Å². The fourth-order valence-electron chi connectivity index (χ4n) is 1.79. The van der Waals surface area contributed by atoms with Gasteiger partial charge in [0.1, 0.15) is 6.61 Å². The van der Waals surface area contributed by atoms with E-state index in [1.54, 1.807) is 0 Å². The predicted molar refractivity (Wildman–Crippen MR) is 41.8 cm³/mol. The van der Waals surface area contributed by atoms with Crippen LogP contribution >= 0.6 is 0 Å². The van der Waals surface area contributed by atoms with Crippen molar-refractivity contribution in [1.82, 2.24) is 0 Å². The second kappa shape index (κ2) is 3.35. The summed E-state index contributed by atoms with van der Waals surface area (Å²) in [5, 5.41) is 10.4. The highest BCUT2D eigenvalue weighted by Crippen LogP contribution is 2.36. The molecule has 1 rings (SSSR count). The Morgan fingerprint density at radius 3 is 2.27 bits per heavy atom. The highest BCUT2D eigenvalue weighted by molar-refractivity contribution is 5.85. The number of Topliss-reactive ketones (excluding diaryl/α,β-unsaturated/α-hetero) is 1. The standard InChI is InChI=1S/C9H15O2/c1-9(8(11)7-10)5-3-2-4-6-9/h2-7H2,1H3. The van der Waals surface area contributed by atoms with Crippen LogP contribution in [0, 0.1) is 5.41 Å². The first-order chi connectivity index (χ1) is 5.19. The lowest BCUT2D eigenvalue weighted by Crippen LogP contribution is -2.31. The molecule has 0 heterocycles. The lowest BCUT2D eigenvalue weighted by atomic mass is 9.73. The van der Waals surface area contributed by atoms with Crippen LogP contribution in [0.25, 0.3) is 0 Å². The van der Waals surface area contributed by atoms with E-state index in [1.165, 1.54) is 6.42 Å². The van der Waals surface area contributed by atoms with Crippen LogP contribution in [0.15, 0.2) is 0 Å². The van der Waals surface area contributed by atoms with Crippen LogP contribution in [0.2, 0.25) is 0 Å². The fraction of sp³-hybridized carbons (Fsp3) is 0.889. The van der Waals surface area contributed by atoms with Gasteiger partial charge in [-0.3, -0.25) is 4.79 Å². The Hall–Kier alpha value is -0.370. The van der Waals surface area contributed by atoms with Crippen molar-refractivity contribution >= 4 is 5.78 Å². The highest BCUT2D eigenvalue weighted by Gasteiger charge is 2.33. The first-order valence-corrected chi connectivity index (χ1v) is 4.30. The zero-order valence-corrected chi connectivity index (χ0v) is 7.06. The molecule has 11 heavy (non-hydrogen) atoms. The van der Waals surface area contributed by atoms with Gasteiger partial charge in [-0.25, -0.2) is 5.11 Å². The highest BCUT2D eigenvalue weighted by atomic mass is 16.3. The van der Waals surface area contributed by atoms with E-state index in [1.807, 2.05) is 6.92 Å². The second-order valence-electron chi connectivity index (χ2n) is 3.69. The van der Waals surface area contributed by atoms with Crippen molar-refractivity contribution in [2.45, 2.75) is 39.0 Å². The maximum atomic E-state index is 11.2. The van der Waals surface area contributed by atoms with E-state index in [0.29, 0.717) is 0 Å². The monoisotopic (exact) mass is 155 g/mol. The van der Waals surface area contributed by atoms with Gasteiger partial charge in [-0.1, -0.05) is 26.2 Å². The lowest BCUT2D eigenvalue weighted by Gasteiger charge is -2.30. The molecule has 0 unspecified atom stereocenters. The minimum absolute atomic E-state index is 0.0859. The summed E-state index contributed by atoms with van der Waals surface area (Å²) < 4.78 is 0. The molecule has 0 amide bonds. The molecule has 1 aliphatic carbocycles. The summed E-state index contributed by atoms with van der Waals surface area (Å²) in [7, 11) is 0. The second-order valence-corrected chi connectivity index (χ2v) is 3.69. The van der Waals surface area contributed by atoms with Gasteiger partial charge in [-0.2, -0.15) is 0 Å². The van der Waals surface area contributed by atoms with Crippen molar-refractivity contribution in [2.24, 2.45) is 5.41 Å². The van der Waals surface area contributed by atoms with Gasteiger partial charge in [0.25, 0.3) is 0 Å². The van der Waals surface area contributed by atoms with E-state index in [4.69, 9.17) is 0 Å². The van der Waals surface area contributed by atoms with Crippen LogP contribution in [0.4, 0.5) is 0 Å². The predicted octanol–water partition coefficient (Wildman–Crippen LogP) is 1.96. The molecule has 0 aromatic rings. The minimum Gasteiger partial charge on any atom is -0.296 e. The molecule has 0 N–H and O–H groups in total. The molecule has 0 aromatic heterocycles. The van der Waals surface area contributed by atoms with Gasteiger partial charge in [0.15, 0.2) is 5.78 Å². The van der Waals surface area contributed by atoms with Gasteiger partial charge in [0.2, 0.25) is 0 Å². The first kappa shape index (κ1) is 8.72. The Kier molecular flexibility index (Phi) is 2.66. The van der Waals surface area contributed by atoms with Crippen molar-refractivity contribution < 1.29 is 9.90 Å². The van der Waals surface area contributed by atoms with Gasteiger partial charge in [-0.05, 0) is 12.8 Å². The molecule has 2 heteroatoms. The molecule has 0 bridgehead atoms. The summed E-state index contributed by atoms with van der Waals surface area (Å²) in [6.07, 6.45) is 5.30. The Labute approximate surface area is 67.6 Å². The van der Waals surface area contributed by atoms with Crippen LogP contribution in [0.5, 0.6) is 0 Å². The van der Waals surface area contributed by atoms with E-state index >= 15 is 0 Å². The third kappa shape index (κ3) is 1.80. The molecule has 0 saturated heterocycles. The largest absolute Gasteiger partial charge is 0.296 e. The molecule has 0 aliphatic heterocycles. The quantitative estimate of drug-likeness (QED) is 0.600. The summed E-state index contributed by atoms with van der Waals surface area (Å²) in [6, 6.07) is 0. The fourth-order valence-corrected chi connectivity index (χ4v) is 1.79. The summed E-state index contributed by atoms with van der Waals surface area (Å²) in [4.78, 5) is 11.2. The lowest BCUT2D eigenvalue weighted by molar-refractivity contribution is -0.134. The smallest absolute Gasteiger partial charge is 0.167 e. The molecule has 0 atom stereocenters. The van der Waals surface area contributed by atoms with E-state index < -0.39 is 6.61 Å². The number of carbonyl (C=O) groups excluding carboxylic acids is 1. The number of ketones is 1. The minimum atomic E-state index is -0.531. The van der Waals surface area contributed by atoms with Gasteiger partial charge < -0.3 is 0 Å². The van der Waals surface area contributed by atoms with Crippen molar-refractivity contribution in [3.8, 4) is 0 Å². The number of hydrogen-bond donors (Lipinski definition) is 0. The number of carbonyl (C=O) groups is 1. The van der Waals surface area contributed by atoms with Crippen LogP contribution in [-0.4, -0.2) is 12.4 Å². The van der Waals surface area contributed by atoms with Gasteiger partial charge in [-0.15, -0.1) is 0 Å². The third-order valence-corrected chi connectivity index (χ3v) is 2.76. The molecule has 2 nitrogen and oxygen atoms in total.